The normalized spacial score (nSPS) is 10.5. The van der Waals surface area contributed by atoms with Crippen LogP contribution in [-0.4, -0.2) is 27.8 Å². The molecule has 116 valence electrons. The van der Waals surface area contributed by atoms with Gasteiger partial charge in [0.1, 0.15) is 5.01 Å². The molecule has 9 heteroatoms. The quantitative estimate of drug-likeness (QED) is 0.668. The second-order valence-electron chi connectivity index (χ2n) is 4.84. The molecule has 1 amide bonds. The summed E-state index contributed by atoms with van der Waals surface area (Å²) < 4.78 is 4.97. The number of amides is 1. The van der Waals surface area contributed by atoms with Gasteiger partial charge in [0, 0.05) is 17.7 Å². The van der Waals surface area contributed by atoms with Crippen LogP contribution in [0.15, 0.2) is 24.3 Å². The third-order valence-electron chi connectivity index (χ3n) is 2.49. The summed E-state index contributed by atoms with van der Waals surface area (Å²) in [6, 6.07) is 6.06. The molecule has 1 N–H and O–H groups in total. The number of nitrogens with one attached hydrogen (secondary N) is 1. The third kappa shape index (κ3) is 4.22. The van der Waals surface area contributed by atoms with Gasteiger partial charge < -0.3 is 4.74 Å². The molecule has 0 unspecified atom stereocenters. The number of rotatable bonds is 5. The Balaban J connectivity index is 2.06. The smallest absolute Gasteiger partial charge is 0.413 e. The molecule has 1 heterocycles. The fourth-order valence-electron chi connectivity index (χ4n) is 1.51. The average molecular weight is 322 g/mol. The van der Waals surface area contributed by atoms with Gasteiger partial charge in [0.25, 0.3) is 5.69 Å². The highest BCUT2D eigenvalue weighted by atomic mass is 32.1. The van der Waals surface area contributed by atoms with Crippen LogP contribution in [0.1, 0.15) is 13.8 Å². The molecule has 0 radical (unpaired) electrons. The molecular formula is C13H14N4O4S. The van der Waals surface area contributed by atoms with E-state index in [0.717, 1.165) is 11.3 Å². The van der Waals surface area contributed by atoms with Crippen LogP contribution in [0.4, 0.5) is 15.6 Å². The first-order valence-electron chi connectivity index (χ1n) is 6.48. The van der Waals surface area contributed by atoms with Crippen LogP contribution in [0.5, 0.6) is 0 Å². The zero-order valence-electron chi connectivity index (χ0n) is 12.0. The molecule has 0 spiro atoms. The minimum absolute atomic E-state index is 0.0291. The van der Waals surface area contributed by atoms with Crippen molar-refractivity contribution in [1.29, 1.82) is 0 Å². The molecule has 0 saturated carbocycles. The van der Waals surface area contributed by atoms with Crippen LogP contribution in [-0.2, 0) is 4.74 Å². The van der Waals surface area contributed by atoms with E-state index in [9.17, 15) is 14.9 Å². The second kappa shape index (κ2) is 6.94. The predicted octanol–water partition coefficient (Wildman–Crippen LogP) is 3.32. The van der Waals surface area contributed by atoms with E-state index in [4.69, 9.17) is 4.74 Å². The van der Waals surface area contributed by atoms with Crippen molar-refractivity contribution in [2.75, 3.05) is 11.9 Å². The van der Waals surface area contributed by atoms with E-state index in [1.54, 1.807) is 12.1 Å². The summed E-state index contributed by atoms with van der Waals surface area (Å²) >= 11 is 1.11. The Bertz CT molecular complexity index is 686. The van der Waals surface area contributed by atoms with Crippen LogP contribution in [0.3, 0.4) is 0 Å². The molecular weight excluding hydrogens is 308 g/mol. The summed E-state index contributed by atoms with van der Waals surface area (Å²) in [5, 5.41) is 21.7. The average Bonchev–Trinajstić information content (AvgIpc) is 2.93. The number of nitrogens with zero attached hydrogens (tertiary/aromatic N) is 3. The fraction of sp³-hybridized carbons (Fsp3) is 0.308. The molecule has 0 saturated heterocycles. The lowest BCUT2D eigenvalue weighted by atomic mass is 10.2. The number of carbonyl (C=O) groups is 1. The van der Waals surface area contributed by atoms with Crippen molar-refractivity contribution in [1.82, 2.24) is 10.2 Å². The SMILES string of the molecule is CC(C)COC(=O)Nc1nnc(-c2cccc([N+](=O)[O-])c2)s1. The molecule has 2 rings (SSSR count). The lowest BCUT2D eigenvalue weighted by molar-refractivity contribution is -0.384. The van der Waals surface area contributed by atoms with Gasteiger partial charge in [-0.15, -0.1) is 10.2 Å². The lowest BCUT2D eigenvalue weighted by Crippen LogP contribution is -2.16. The number of carbonyl (C=O) groups excluding carboxylic acids is 1. The Morgan fingerprint density at radius 2 is 2.23 bits per heavy atom. The Hall–Kier alpha value is -2.55. The number of nitro benzene ring substituents is 1. The van der Waals surface area contributed by atoms with E-state index in [0.29, 0.717) is 17.2 Å². The van der Waals surface area contributed by atoms with Crippen molar-refractivity contribution in [3.63, 3.8) is 0 Å². The topological polar surface area (TPSA) is 107 Å². The summed E-state index contributed by atoms with van der Waals surface area (Å²) in [6.07, 6.45) is -0.601. The highest BCUT2D eigenvalue weighted by Crippen LogP contribution is 2.28. The van der Waals surface area contributed by atoms with Crippen LogP contribution in [0, 0.1) is 16.0 Å². The maximum atomic E-state index is 11.5. The minimum Gasteiger partial charge on any atom is -0.449 e. The maximum Gasteiger partial charge on any atom is 0.413 e. The second-order valence-corrected chi connectivity index (χ2v) is 5.81. The van der Waals surface area contributed by atoms with Crippen molar-refractivity contribution in [3.8, 4) is 10.6 Å². The summed E-state index contributed by atoms with van der Waals surface area (Å²) in [5.74, 6) is 0.237. The van der Waals surface area contributed by atoms with E-state index >= 15 is 0 Å². The standard InChI is InChI=1S/C13H14N4O4S/c1-8(2)7-21-13(18)14-12-16-15-11(22-12)9-4-3-5-10(6-9)17(19)20/h3-6,8H,7H2,1-2H3,(H,14,16,18). The summed E-state index contributed by atoms with van der Waals surface area (Å²) in [5.41, 5.74) is 0.536. The van der Waals surface area contributed by atoms with Gasteiger partial charge in [-0.25, -0.2) is 4.79 Å². The number of anilines is 1. The highest BCUT2D eigenvalue weighted by molar-refractivity contribution is 7.18. The molecule has 0 aliphatic carbocycles. The molecule has 0 fully saturated rings. The van der Waals surface area contributed by atoms with Crippen molar-refractivity contribution in [2.45, 2.75) is 13.8 Å². The van der Waals surface area contributed by atoms with Gasteiger partial charge in [0.2, 0.25) is 5.13 Å². The van der Waals surface area contributed by atoms with Crippen molar-refractivity contribution < 1.29 is 14.5 Å². The molecule has 0 aliphatic heterocycles. The van der Waals surface area contributed by atoms with E-state index in [2.05, 4.69) is 15.5 Å². The summed E-state index contributed by atoms with van der Waals surface area (Å²) in [6.45, 7) is 4.17. The van der Waals surface area contributed by atoms with Gasteiger partial charge in [-0.05, 0) is 5.92 Å². The minimum atomic E-state index is -0.601. The Kier molecular flexibility index (Phi) is 4.99. The monoisotopic (exact) mass is 322 g/mol. The molecule has 8 nitrogen and oxygen atoms in total. The van der Waals surface area contributed by atoms with Gasteiger partial charge in [0.15, 0.2) is 0 Å². The van der Waals surface area contributed by atoms with Crippen LogP contribution in [0.2, 0.25) is 0 Å². The van der Waals surface area contributed by atoms with E-state index in [1.807, 2.05) is 13.8 Å². The Morgan fingerprint density at radius 1 is 1.45 bits per heavy atom. The molecule has 0 atom stereocenters. The number of non-ortho nitro benzene ring substituents is 1. The van der Waals surface area contributed by atoms with Crippen molar-refractivity contribution in [3.05, 3.63) is 34.4 Å². The number of ether oxygens (including phenoxy) is 1. The van der Waals surface area contributed by atoms with Crippen molar-refractivity contribution >= 4 is 28.2 Å². The first-order chi connectivity index (χ1) is 10.5. The van der Waals surface area contributed by atoms with E-state index in [1.165, 1.54) is 12.1 Å². The summed E-state index contributed by atoms with van der Waals surface area (Å²) in [4.78, 5) is 21.8. The summed E-state index contributed by atoms with van der Waals surface area (Å²) in [7, 11) is 0. The largest absolute Gasteiger partial charge is 0.449 e. The molecule has 0 bridgehead atoms. The van der Waals surface area contributed by atoms with E-state index < -0.39 is 11.0 Å². The maximum absolute atomic E-state index is 11.5. The van der Waals surface area contributed by atoms with Gasteiger partial charge in [-0.2, -0.15) is 0 Å². The fourth-order valence-corrected chi connectivity index (χ4v) is 2.23. The number of benzene rings is 1. The van der Waals surface area contributed by atoms with Crippen molar-refractivity contribution in [2.24, 2.45) is 5.92 Å². The molecule has 2 aromatic rings. The highest BCUT2D eigenvalue weighted by Gasteiger charge is 2.13. The first kappa shape index (κ1) is 15.8. The number of hydrogen-bond donors (Lipinski definition) is 1. The Morgan fingerprint density at radius 3 is 2.91 bits per heavy atom. The number of aromatic nitrogens is 2. The Labute approximate surface area is 130 Å². The van der Waals surface area contributed by atoms with E-state index in [-0.39, 0.29) is 16.7 Å². The van der Waals surface area contributed by atoms with Gasteiger partial charge in [-0.3, -0.25) is 15.4 Å². The molecule has 1 aromatic heterocycles. The van der Waals surface area contributed by atoms with Crippen LogP contribution in [0.25, 0.3) is 10.6 Å². The predicted molar refractivity (Wildman–Crippen MR) is 81.8 cm³/mol. The third-order valence-corrected chi connectivity index (χ3v) is 3.37. The molecule has 22 heavy (non-hydrogen) atoms. The molecule has 1 aromatic carbocycles. The van der Waals surface area contributed by atoms with Gasteiger partial charge in [-0.1, -0.05) is 37.3 Å². The van der Waals surface area contributed by atoms with Crippen LogP contribution >= 0.6 is 11.3 Å². The first-order valence-corrected chi connectivity index (χ1v) is 7.29. The zero-order chi connectivity index (χ0) is 16.1. The van der Waals surface area contributed by atoms with Gasteiger partial charge in [0.05, 0.1) is 11.5 Å². The number of nitro groups is 1. The number of hydrogen-bond acceptors (Lipinski definition) is 7. The molecule has 0 aliphatic rings. The van der Waals surface area contributed by atoms with Gasteiger partial charge >= 0.3 is 6.09 Å². The lowest BCUT2D eigenvalue weighted by Gasteiger charge is -2.06. The van der Waals surface area contributed by atoms with Crippen LogP contribution < -0.4 is 5.32 Å². The zero-order valence-corrected chi connectivity index (χ0v) is 12.8.